The molecule has 11 heteroatoms. The van der Waals surface area contributed by atoms with Gasteiger partial charge < -0.3 is 36.1 Å². The van der Waals surface area contributed by atoms with Crippen molar-refractivity contribution in [3.63, 3.8) is 0 Å². The summed E-state index contributed by atoms with van der Waals surface area (Å²) in [5.74, 6) is -0.923. The van der Waals surface area contributed by atoms with Crippen LogP contribution in [-0.2, 0) is 9.53 Å². The summed E-state index contributed by atoms with van der Waals surface area (Å²) in [6, 6.07) is -0.927. The summed E-state index contributed by atoms with van der Waals surface area (Å²) in [6.45, 7) is 0. The van der Waals surface area contributed by atoms with Crippen LogP contribution in [-0.4, -0.2) is 72.6 Å². The summed E-state index contributed by atoms with van der Waals surface area (Å²) in [5, 5.41) is 28.9. The molecule has 0 radical (unpaired) electrons. The first-order valence-corrected chi connectivity index (χ1v) is 8.37. The lowest BCUT2D eigenvalue weighted by Crippen LogP contribution is -2.33. The molecule has 1 aliphatic heterocycles. The smallest absolute Gasteiger partial charge is 0.320 e. The normalized spacial score (nSPS) is 28.0. The molecule has 24 heavy (non-hydrogen) atoms. The maximum absolute atomic E-state index is 11.1. The van der Waals surface area contributed by atoms with Crippen LogP contribution >= 0.6 is 11.8 Å². The molecule has 134 valence electrons. The molecule has 1 aliphatic rings. The number of ether oxygens (including phenoxy) is 1. The first-order chi connectivity index (χ1) is 11.3. The van der Waals surface area contributed by atoms with Crippen molar-refractivity contribution in [3.05, 3.63) is 18.2 Å². The highest BCUT2D eigenvalue weighted by Gasteiger charge is 2.43. The van der Waals surface area contributed by atoms with Crippen molar-refractivity contribution in [3.8, 4) is 0 Å². The Kier molecular flexibility index (Phi) is 6.18. The van der Waals surface area contributed by atoms with E-state index in [-0.39, 0.29) is 12.1 Å². The van der Waals surface area contributed by atoms with E-state index in [1.807, 2.05) is 0 Å². The Morgan fingerprint density at radius 1 is 1.42 bits per heavy atom. The number of carboxylic acid groups (broad SMARTS) is 1. The molecule has 1 aromatic heterocycles. The molecule has 0 bridgehead atoms. The zero-order valence-corrected chi connectivity index (χ0v) is 13.5. The molecule has 2 rings (SSSR count). The lowest BCUT2D eigenvalue weighted by molar-refractivity contribution is -0.138. The number of carbonyl (C=O) groups is 2. The Morgan fingerprint density at radius 3 is 2.71 bits per heavy atom. The highest BCUT2D eigenvalue weighted by Crippen LogP contribution is 2.31. The van der Waals surface area contributed by atoms with Crippen LogP contribution < -0.4 is 11.5 Å². The number of carboxylic acids is 1. The molecule has 2 heterocycles. The van der Waals surface area contributed by atoms with Crippen molar-refractivity contribution in [1.29, 1.82) is 0 Å². The van der Waals surface area contributed by atoms with Crippen molar-refractivity contribution in [2.24, 2.45) is 11.5 Å². The molecular formula is C13H20N4O6S. The molecule has 0 saturated carbocycles. The molecule has 0 aromatic carbocycles. The second-order valence-electron chi connectivity index (χ2n) is 5.42. The number of aromatic nitrogens is 2. The fraction of sp³-hybridized carbons (Fsp3) is 0.615. The van der Waals surface area contributed by atoms with Crippen LogP contribution in [0.25, 0.3) is 0 Å². The van der Waals surface area contributed by atoms with Gasteiger partial charge in [0.05, 0.1) is 12.4 Å². The Labute approximate surface area is 141 Å². The highest BCUT2D eigenvalue weighted by molar-refractivity contribution is 7.99. The number of primary amides is 1. The van der Waals surface area contributed by atoms with Gasteiger partial charge in [-0.25, -0.2) is 4.98 Å². The Hall–Kier alpha value is -1.66. The second-order valence-corrected chi connectivity index (χ2v) is 6.57. The van der Waals surface area contributed by atoms with E-state index in [1.54, 1.807) is 0 Å². The highest BCUT2D eigenvalue weighted by atomic mass is 32.2. The SMILES string of the molecule is NC(=O)c1cn([C@@H]2O[C@H](CSCC[C@H](N)C(=O)O)[C@@H](O)[C@H]2O)cn1. The van der Waals surface area contributed by atoms with Crippen LogP contribution in [0.3, 0.4) is 0 Å². The van der Waals surface area contributed by atoms with E-state index in [0.29, 0.717) is 11.5 Å². The average molecular weight is 360 g/mol. The van der Waals surface area contributed by atoms with Crippen molar-refractivity contribution in [2.45, 2.75) is 37.0 Å². The minimum Gasteiger partial charge on any atom is -0.480 e. The number of aliphatic carboxylic acids is 1. The Balaban J connectivity index is 1.87. The van der Waals surface area contributed by atoms with E-state index >= 15 is 0 Å². The minimum atomic E-state index is -1.19. The van der Waals surface area contributed by atoms with Crippen LogP contribution in [0.5, 0.6) is 0 Å². The lowest BCUT2D eigenvalue weighted by Gasteiger charge is -2.15. The van der Waals surface area contributed by atoms with Gasteiger partial charge in [-0.2, -0.15) is 11.8 Å². The van der Waals surface area contributed by atoms with Crippen molar-refractivity contribution in [2.75, 3.05) is 11.5 Å². The van der Waals surface area contributed by atoms with E-state index in [1.165, 1.54) is 28.9 Å². The minimum absolute atomic E-state index is 0.0285. The molecule has 5 atom stereocenters. The predicted octanol–water partition coefficient (Wildman–Crippen LogP) is -1.86. The molecule has 7 N–H and O–H groups in total. The number of hydrogen-bond acceptors (Lipinski definition) is 8. The largest absolute Gasteiger partial charge is 0.480 e. The van der Waals surface area contributed by atoms with Gasteiger partial charge in [0.25, 0.3) is 5.91 Å². The summed E-state index contributed by atoms with van der Waals surface area (Å²) in [4.78, 5) is 25.5. The van der Waals surface area contributed by atoms with Gasteiger partial charge in [-0.3, -0.25) is 9.59 Å². The molecule has 0 spiro atoms. The van der Waals surface area contributed by atoms with Crippen LogP contribution in [0, 0.1) is 0 Å². The van der Waals surface area contributed by atoms with E-state index in [0.717, 1.165) is 0 Å². The number of thioether (sulfide) groups is 1. The van der Waals surface area contributed by atoms with Gasteiger partial charge in [-0.1, -0.05) is 0 Å². The maximum atomic E-state index is 11.1. The zero-order valence-electron chi connectivity index (χ0n) is 12.7. The number of aliphatic hydroxyl groups is 2. The number of aliphatic hydroxyl groups excluding tert-OH is 2. The third-order valence-electron chi connectivity index (χ3n) is 3.66. The maximum Gasteiger partial charge on any atom is 0.320 e. The predicted molar refractivity (Wildman–Crippen MR) is 84.2 cm³/mol. The van der Waals surface area contributed by atoms with Crippen LogP contribution in [0.15, 0.2) is 12.5 Å². The number of nitrogens with two attached hydrogens (primary N) is 2. The number of rotatable bonds is 8. The summed E-state index contributed by atoms with van der Waals surface area (Å²) in [5.41, 5.74) is 10.6. The molecular weight excluding hydrogens is 340 g/mol. The van der Waals surface area contributed by atoms with Crippen LogP contribution in [0.4, 0.5) is 0 Å². The van der Waals surface area contributed by atoms with Gasteiger partial charge in [0, 0.05) is 11.9 Å². The lowest BCUT2D eigenvalue weighted by atomic mass is 10.1. The number of carbonyl (C=O) groups excluding carboxylic acids is 1. The standard InChI is InChI=1S/C13H20N4O6S/c14-6(13(21)22)1-2-24-4-8-9(18)10(19)12(23-8)17-3-7(11(15)20)16-5-17/h3,5-6,8-10,12,18-19H,1-2,4,14H2,(H2,15,20)(H,21,22)/t6-,8+,9+,10+,12+/m0/s1. The van der Waals surface area contributed by atoms with Gasteiger partial charge in [-0.15, -0.1) is 0 Å². The third kappa shape index (κ3) is 4.24. The molecule has 1 amide bonds. The van der Waals surface area contributed by atoms with Gasteiger partial charge in [0.15, 0.2) is 6.23 Å². The van der Waals surface area contributed by atoms with E-state index in [4.69, 9.17) is 21.3 Å². The number of hydrogen-bond donors (Lipinski definition) is 5. The quantitative estimate of drug-likeness (QED) is 0.333. The van der Waals surface area contributed by atoms with Gasteiger partial charge in [0.1, 0.15) is 23.9 Å². The second kappa shape index (κ2) is 7.94. The average Bonchev–Trinajstić information content (AvgIpc) is 3.11. The van der Waals surface area contributed by atoms with Crippen molar-refractivity contribution >= 4 is 23.6 Å². The fourth-order valence-electron chi connectivity index (χ4n) is 2.25. The Morgan fingerprint density at radius 2 is 2.12 bits per heavy atom. The van der Waals surface area contributed by atoms with Gasteiger partial charge in [0.2, 0.25) is 0 Å². The van der Waals surface area contributed by atoms with E-state index in [9.17, 15) is 19.8 Å². The summed E-state index contributed by atoms with van der Waals surface area (Å²) < 4.78 is 7.00. The van der Waals surface area contributed by atoms with Crippen LogP contribution in [0.2, 0.25) is 0 Å². The van der Waals surface area contributed by atoms with Crippen molar-refractivity contribution in [1.82, 2.24) is 9.55 Å². The molecule has 10 nitrogen and oxygen atoms in total. The summed E-state index contributed by atoms with van der Waals surface area (Å²) >= 11 is 1.37. The number of amides is 1. The first kappa shape index (κ1) is 18.7. The van der Waals surface area contributed by atoms with Gasteiger partial charge >= 0.3 is 5.97 Å². The molecule has 1 fully saturated rings. The van der Waals surface area contributed by atoms with Crippen molar-refractivity contribution < 1.29 is 29.6 Å². The number of nitrogens with zero attached hydrogens (tertiary/aromatic N) is 2. The monoisotopic (exact) mass is 360 g/mol. The summed E-state index contributed by atoms with van der Waals surface area (Å²) in [6.07, 6.45) is -0.907. The molecule has 0 unspecified atom stereocenters. The van der Waals surface area contributed by atoms with E-state index < -0.39 is 42.5 Å². The topological polar surface area (TPSA) is 174 Å². The Bertz CT molecular complexity index is 597. The summed E-state index contributed by atoms with van der Waals surface area (Å²) in [7, 11) is 0. The number of imidazole rings is 1. The third-order valence-corrected chi connectivity index (χ3v) is 4.75. The molecule has 1 saturated heterocycles. The van der Waals surface area contributed by atoms with E-state index in [2.05, 4.69) is 4.98 Å². The first-order valence-electron chi connectivity index (χ1n) is 7.22. The zero-order chi connectivity index (χ0) is 17.9. The van der Waals surface area contributed by atoms with Crippen LogP contribution in [0.1, 0.15) is 23.1 Å². The van der Waals surface area contributed by atoms with Gasteiger partial charge in [-0.05, 0) is 12.2 Å². The molecule has 1 aromatic rings. The molecule has 0 aliphatic carbocycles. The fourth-order valence-corrected chi connectivity index (χ4v) is 3.34.